The van der Waals surface area contributed by atoms with Gasteiger partial charge in [0.2, 0.25) is 5.91 Å². The average molecular weight is 430 g/mol. The number of nitrogens with one attached hydrogen (secondary N) is 1. The minimum Gasteiger partial charge on any atom is -0.329 e. The summed E-state index contributed by atoms with van der Waals surface area (Å²) in [6.07, 6.45) is 0. The number of carbonyl (C=O) groups is 2. The highest BCUT2D eigenvalue weighted by Crippen LogP contribution is 2.44. The van der Waals surface area contributed by atoms with E-state index in [-0.39, 0.29) is 23.8 Å². The summed E-state index contributed by atoms with van der Waals surface area (Å²) in [6.45, 7) is 4.71. The van der Waals surface area contributed by atoms with E-state index in [1.54, 1.807) is 41.7 Å². The topological polar surface area (TPSA) is 73.2 Å². The molecule has 1 aliphatic rings. The van der Waals surface area contributed by atoms with Crippen LogP contribution in [0.3, 0.4) is 0 Å². The van der Waals surface area contributed by atoms with Gasteiger partial charge in [-0.05, 0) is 53.3 Å². The molecule has 0 aliphatic carbocycles. The number of rotatable bonds is 5. The van der Waals surface area contributed by atoms with Crippen LogP contribution in [-0.2, 0) is 4.79 Å². The summed E-state index contributed by atoms with van der Waals surface area (Å²) in [5, 5.41) is 14.0. The van der Waals surface area contributed by atoms with Crippen LogP contribution in [0.4, 0.5) is 5.69 Å². The summed E-state index contributed by atoms with van der Waals surface area (Å²) in [5.74, 6) is -0.484. The fraction of sp³-hybridized carbons (Fsp3) is 0.240. The number of nitrogens with zero attached hydrogens (tertiary/aromatic N) is 2. The van der Waals surface area contributed by atoms with Crippen LogP contribution < -0.4 is 5.32 Å². The van der Waals surface area contributed by atoms with Crippen molar-refractivity contribution >= 4 is 28.8 Å². The van der Waals surface area contributed by atoms with E-state index in [9.17, 15) is 9.59 Å². The van der Waals surface area contributed by atoms with E-state index in [4.69, 9.17) is 5.26 Å². The van der Waals surface area contributed by atoms with Crippen LogP contribution in [0.25, 0.3) is 0 Å². The molecule has 0 bridgehead atoms. The zero-order chi connectivity index (χ0) is 22.0. The second kappa shape index (κ2) is 8.75. The van der Waals surface area contributed by atoms with Crippen molar-refractivity contribution in [3.05, 3.63) is 87.6 Å². The van der Waals surface area contributed by atoms with Gasteiger partial charge in [-0.2, -0.15) is 5.26 Å². The predicted molar refractivity (Wildman–Crippen MR) is 122 cm³/mol. The van der Waals surface area contributed by atoms with Crippen LogP contribution >= 0.6 is 11.3 Å². The second-order valence-electron chi connectivity index (χ2n) is 8.05. The smallest absolute Gasteiger partial charge is 0.254 e. The molecule has 5 nitrogen and oxygen atoms in total. The molecule has 0 radical (unpaired) electrons. The van der Waals surface area contributed by atoms with E-state index >= 15 is 0 Å². The standard InChI is InChI=1S/C25H23N3O2S/c1-16(2)15-28-23(21-8-5-13-31-21)22(19-6-3-4-7-20(19)25(28)30)24(29)27-18-11-9-17(14-26)10-12-18/h3-13,16,22-23H,15H2,1-2H3,(H,27,29)/t22-,23+/m0/s1. The lowest BCUT2D eigenvalue weighted by Gasteiger charge is -2.42. The summed E-state index contributed by atoms with van der Waals surface area (Å²) < 4.78 is 0. The fourth-order valence-electron chi connectivity index (χ4n) is 4.09. The van der Waals surface area contributed by atoms with Gasteiger partial charge in [-0.15, -0.1) is 11.3 Å². The lowest BCUT2D eigenvalue weighted by Crippen LogP contribution is -2.47. The molecule has 2 atom stereocenters. The van der Waals surface area contributed by atoms with Gasteiger partial charge in [0.25, 0.3) is 5.91 Å². The Morgan fingerprint density at radius 3 is 2.52 bits per heavy atom. The molecular formula is C25H23N3O2S. The first-order chi connectivity index (χ1) is 15.0. The zero-order valence-corrected chi connectivity index (χ0v) is 18.2. The van der Waals surface area contributed by atoms with Crippen molar-refractivity contribution in [3.63, 3.8) is 0 Å². The van der Waals surface area contributed by atoms with E-state index in [1.807, 2.05) is 40.6 Å². The van der Waals surface area contributed by atoms with Gasteiger partial charge in [-0.3, -0.25) is 9.59 Å². The molecule has 1 aliphatic heterocycles. The van der Waals surface area contributed by atoms with Crippen LogP contribution in [0.2, 0.25) is 0 Å². The quantitative estimate of drug-likeness (QED) is 0.606. The van der Waals surface area contributed by atoms with Crippen molar-refractivity contribution in [3.8, 4) is 6.07 Å². The molecule has 3 aromatic rings. The van der Waals surface area contributed by atoms with E-state index in [2.05, 4.69) is 25.2 Å². The first kappa shape index (κ1) is 20.8. The summed E-state index contributed by atoms with van der Waals surface area (Å²) in [4.78, 5) is 29.9. The number of nitriles is 1. The first-order valence-electron chi connectivity index (χ1n) is 10.2. The molecule has 0 unspecified atom stereocenters. The van der Waals surface area contributed by atoms with Crippen molar-refractivity contribution in [1.29, 1.82) is 5.26 Å². The molecule has 2 heterocycles. The van der Waals surface area contributed by atoms with Crippen molar-refractivity contribution in [2.45, 2.75) is 25.8 Å². The Morgan fingerprint density at radius 1 is 1.13 bits per heavy atom. The minimum atomic E-state index is -0.540. The molecule has 1 N–H and O–H groups in total. The molecule has 2 aromatic carbocycles. The van der Waals surface area contributed by atoms with Crippen molar-refractivity contribution in [2.75, 3.05) is 11.9 Å². The van der Waals surface area contributed by atoms with Crippen molar-refractivity contribution in [1.82, 2.24) is 4.90 Å². The normalized spacial score (nSPS) is 17.9. The van der Waals surface area contributed by atoms with Gasteiger partial charge in [0.1, 0.15) is 0 Å². The lowest BCUT2D eigenvalue weighted by molar-refractivity contribution is -0.119. The number of hydrogen-bond acceptors (Lipinski definition) is 4. The Hall–Kier alpha value is -3.43. The molecule has 1 aromatic heterocycles. The van der Waals surface area contributed by atoms with Crippen molar-refractivity contribution in [2.24, 2.45) is 5.92 Å². The second-order valence-corrected chi connectivity index (χ2v) is 9.03. The Balaban J connectivity index is 1.79. The third kappa shape index (κ3) is 4.10. The highest BCUT2D eigenvalue weighted by Gasteiger charge is 2.44. The largest absolute Gasteiger partial charge is 0.329 e. The van der Waals surface area contributed by atoms with Gasteiger partial charge < -0.3 is 10.2 Å². The zero-order valence-electron chi connectivity index (χ0n) is 17.4. The summed E-state index contributed by atoms with van der Waals surface area (Å²) in [6, 6.07) is 19.9. The fourth-order valence-corrected chi connectivity index (χ4v) is 4.97. The molecule has 31 heavy (non-hydrogen) atoms. The third-order valence-electron chi connectivity index (χ3n) is 5.40. The summed E-state index contributed by atoms with van der Waals surface area (Å²) in [5.41, 5.74) is 2.48. The molecule has 156 valence electrons. The number of benzene rings is 2. The average Bonchev–Trinajstić information content (AvgIpc) is 3.30. The van der Waals surface area contributed by atoms with Gasteiger partial charge in [-0.25, -0.2) is 0 Å². The molecule has 0 spiro atoms. The third-order valence-corrected chi connectivity index (χ3v) is 6.34. The number of hydrogen-bond donors (Lipinski definition) is 1. The van der Waals surface area contributed by atoms with Gasteiger partial charge in [0.05, 0.1) is 23.6 Å². The van der Waals surface area contributed by atoms with Crippen LogP contribution in [0.5, 0.6) is 0 Å². The number of thiophene rings is 1. The molecule has 2 amide bonds. The molecule has 4 rings (SSSR count). The van der Waals surface area contributed by atoms with Crippen LogP contribution in [0, 0.1) is 17.2 Å². The maximum Gasteiger partial charge on any atom is 0.254 e. The SMILES string of the molecule is CC(C)CN1C(=O)c2ccccc2[C@H](C(=O)Nc2ccc(C#N)cc2)[C@H]1c1cccs1. The van der Waals surface area contributed by atoms with Gasteiger partial charge >= 0.3 is 0 Å². The molecule has 0 fully saturated rings. The highest BCUT2D eigenvalue weighted by atomic mass is 32.1. The Morgan fingerprint density at radius 2 is 1.87 bits per heavy atom. The van der Waals surface area contributed by atoms with Gasteiger partial charge in [0.15, 0.2) is 0 Å². The molecule has 0 saturated heterocycles. The minimum absolute atomic E-state index is 0.0369. The highest BCUT2D eigenvalue weighted by molar-refractivity contribution is 7.10. The number of amides is 2. The number of carbonyl (C=O) groups excluding carboxylic acids is 2. The maximum absolute atomic E-state index is 13.6. The Bertz CT molecular complexity index is 1130. The van der Waals surface area contributed by atoms with E-state index in [1.165, 1.54) is 0 Å². The van der Waals surface area contributed by atoms with Crippen LogP contribution in [-0.4, -0.2) is 23.3 Å². The summed E-state index contributed by atoms with van der Waals surface area (Å²) >= 11 is 1.56. The van der Waals surface area contributed by atoms with E-state index in [0.717, 1.165) is 10.4 Å². The Labute approximate surface area is 185 Å². The van der Waals surface area contributed by atoms with Crippen LogP contribution in [0.1, 0.15) is 52.2 Å². The van der Waals surface area contributed by atoms with Crippen molar-refractivity contribution < 1.29 is 9.59 Å². The molecule has 0 saturated carbocycles. The Kier molecular flexibility index (Phi) is 5.88. The number of anilines is 1. The lowest BCUT2D eigenvalue weighted by atomic mass is 9.81. The first-order valence-corrected chi connectivity index (χ1v) is 11.1. The predicted octanol–water partition coefficient (Wildman–Crippen LogP) is 5.20. The van der Waals surface area contributed by atoms with Gasteiger partial charge in [-0.1, -0.05) is 38.1 Å². The van der Waals surface area contributed by atoms with E-state index < -0.39 is 5.92 Å². The summed E-state index contributed by atoms with van der Waals surface area (Å²) in [7, 11) is 0. The maximum atomic E-state index is 13.6. The van der Waals surface area contributed by atoms with Crippen LogP contribution in [0.15, 0.2) is 66.0 Å². The molecule has 6 heteroatoms. The van der Waals surface area contributed by atoms with E-state index in [0.29, 0.717) is 23.4 Å². The van der Waals surface area contributed by atoms with Gasteiger partial charge in [0, 0.05) is 22.7 Å². The monoisotopic (exact) mass is 429 g/mol. The molecular weight excluding hydrogens is 406 g/mol. The number of fused-ring (bicyclic) bond motifs is 1.